The summed E-state index contributed by atoms with van der Waals surface area (Å²) in [6.45, 7) is -2.48. The van der Waals surface area contributed by atoms with Crippen LogP contribution in [0.4, 0.5) is 0 Å². The quantitative estimate of drug-likeness (QED) is 0.614. The molecule has 1 N–H and O–H groups in total. The fraction of sp³-hybridized carbons (Fsp3) is 0.100. The maximum absolute atomic E-state index is 11.4. The minimum atomic E-state index is -2.48. The van der Waals surface area contributed by atoms with Crippen LogP contribution in [0.3, 0.4) is 0 Å². The largest absolute Gasteiger partial charge is 0.355 e. The molecular weight excluding hydrogens is 150 g/mol. The highest BCUT2D eigenvalue weighted by molar-refractivity contribution is 5.94. The molecule has 1 rings (SSSR count). The van der Waals surface area contributed by atoms with Gasteiger partial charge in [0.15, 0.2) is 0 Å². The number of carbonyl (C=O) groups is 1. The highest BCUT2D eigenvalue weighted by Crippen LogP contribution is 2.03. The summed E-state index contributed by atoms with van der Waals surface area (Å²) in [6, 6.07) is 6.22. The van der Waals surface area contributed by atoms with E-state index in [-0.39, 0.29) is 5.56 Å². The third-order valence-electron chi connectivity index (χ3n) is 1.40. The second-order valence-electron chi connectivity index (χ2n) is 2.18. The Morgan fingerprint density at radius 2 is 2.58 bits per heavy atom. The van der Waals surface area contributed by atoms with Gasteiger partial charge in [-0.1, -0.05) is 12.0 Å². The molecule has 1 aromatic rings. The van der Waals surface area contributed by atoms with E-state index in [1.807, 2.05) is 5.32 Å². The van der Waals surface area contributed by atoms with Gasteiger partial charge in [-0.2, -0.15) is 0 Å². The summed E-state index contributed by atoms with van der Waals surface area (Å²) >= 11 is 0. The monoisotopic (exact) mass is 162 g/mol. The van der Waals surface area contributed by atoms with Crippen molar-refractivity contribution in [2.75, 3.05) is 6.98 Å². The average Bonchev–Trinajstić information content (AvgIpc) is 2.15. The highest BCUT2D eigenvalue weighted by atomic mass is 16.1. The van der Waals surface area contributed by atoms with Gasteiger partial charge in [0.05, 0.1) is 0 Å². The number of nitrogens with one attached hydrogen (secondary N) is 1. The van der Waals surface area contributed by atoms with Crippen molar-refractivity contribution in [2.24, 2.45) is 0 Å². The number of benzene rings is 1. The van der Waals surface area contributed by atoms with Crippen molar-refractivity contribution in [1.29, 1.82) is 0 Å². The number of hydrogen-bond donors (Lipinski definition) is 1. The second-order valence-corrected chi connectivity index (χ2v) is 2.18. The molecule has 0 atom stereocenters. The summed E-state index contributed by atoms with van der Waals surface area (Å²) in [5, 5.41) is 1.88. The van der Waals surface area contributed by atoms with E-state index in [1.54, 1.807) is 12.1 Å². The number of terminal acetylenes is 1. The first-order valence-corrected chi connectivity index (χ1v) is 3.31. The molecule has 0 heterocycles. The molecule has 0 fully saturated rings. The Kier molecular flexibility index (Phi) is 1.49. The molecule has 60 valence electrons. The van der Waals surface area contributed by atoms with E-state index in [0.717, 1.165) is 0 Å². The van der Waals surface area contributed by atoms with Crippen molar-refractivity contribution in [3.63, 3.8) is 0 Å². The van der Waals surface area contributed by atoms with Crippen LogP contribution in [0, 0.1) is 12.3 Å². The summed E-state index contributed by atoms with van der Waals surface area (Å²) in [7, 11) is 0. The van der Waals surface area contributed by atoms with Crippen molar-refractivity contribution < 1.29 is 8.91 Å². The van der Waals surface area contributed by atoms with E-state index in [4.69, 9.17) is 10.5 Å². The van der Waals surface area contributed by atoms with Crippen molar-refractivity contribution in [2.45, 2.75) is 0 Å². The molecule has 0 spiro atoms. The lowest BCUT2D eigenvalue weighted by Crippen LogP contribution is -2.17. The minimum absolute atomic E-state index is 0.238. The first-order chi connectivity index (χ1) is 6.92. The van der Waals surface area contributed by atoms with Crippen LogP contribution in [0.5, 0.6) is 0 Å². The topological polar surface area (TPSA) is 29.1 Å². The Hall–Kier alpha value is -1.75. The van der Waals surface area contributed by atoms with Crippen LogP contribution in [-0.4, -0.2) is 12.9 Å². The SMILES string of the molecule is [2H]C([2H])([2H])NC(=O)c1cccc(C#C)c1. The summed E-state index contributed by atoms with van der Waals surface area (Å²) in [4.78, 5) is 11.4. The van der Waals surface area contributed by atoms with E-state index >= 15 is 0 Å². The predicted molar refractivity (Wildman–Crippen MR) is 47.8 cm³/mol. The third-order valence-corrected chi connectivity index (χ3v) is 1.40. The Bertz CT molecular complexity index is 417. The number of rotatable bonds is 1. The van der Waals surface area contributed by atoms with E-state index in [2.05, 4.69) is 5.92 Å². The number of carbonyl (C=O) groups excluding carboxylic acids is 1. The zero-order valence-corrected chi connectivity index (χ0v) is 6.29. The molecule has 0 aliphatic carbocycles. The lowest BCUT2D eigenvalue weighted by molar-refractivity contribution is 0.0963. The predicted octanol–water partition coefficient (Wildman–Crippen LogP) is 1.03. The standard InChI is InChI=1S/C10H9NO/c1-3-8-5-4-6-9(7-8)10(12)11-2/h1,4-7H,2H3,(H,11,12)/i2D3. The smallest absolute Gasteiger partial charge is 0.251 e. The van der Waals surface area contributed by atoms with Gasteiger partial charge in [-0.05, 0) is 18.2 Å². The zero-order valence-electron chi connectivity index (χ0n) is 9.29. The van der Waals surface area contributed by atoms with E-state index in [9.17, 15) is 4.79 Å². The maximum atomic E-state index is 11.4. The van der Waals surface area contributed by atoms with E-state index in [0.29, 0.717) is 5.56 Å². The summed E-state index contributed by atoms with van der Waals surface area (Å²) in [5.41, 5.74) is 0.773. The van der Waals surface area contributed by atoms with Gasteiger partial charge >= 0.3 is 0 Å². The fourth-order valence-corrected chi connectivity index (χ4v) is 0.822. The molecule has 1 amide bonds. The van der Waals surface area contributed by atoms with Gasteiger partial charge < -0.3 is 5.32 Å². The zero-order chi connectivity index (χ0) is 11.5. The van der Waals surface area contributed by atoms with E-state index < -0.39 is 12.9 Å². The van der Waals surface area contributed by atoms with Gasteiger partial charge in [0.1, 0.15) is 0 Å². The second kappa shape index (κ2) is 3.59. The van der Waals surface area contributed by atoms with Crippen molar-refractivity contribution in [1.82, 2.24) is 5.32 Å². The van der Waals surface area contributed by atoms with Crippen LogP contribution in [0.1, 0.15) is 20.0 Å². The third kappa shape index (κ3) is 1.64. The number of hydrogen-bond acceptors (Lipinski definition) is 1. The molecule has 0 bridgehead atoms. The minimum Gasteiger partial charge on any atom is -0.355 e. The molecule has 0 aromatic heterocycles. The molecule has 0 aliphatic rings. The van der Waals surface area contributed by atoms with Gasteiger partial charge in [0.2, 0.25) is 0 Å². The number of amides is 1. The Morgan fingerprint density at radius 1 is 1.75 bits per heavy atom. The molecule has 12 heavy (non-hydrogen) atoms. The molecule has 0 saturated heterocycles. The first-order valence-electron chi connectivity index (χ1n) is 4.81. The average molecular weight is 162 g/mol. The lowest BCUT2D eigenvalue weighted by atomic mass is 10.1. The fourth-order valence-electron chi connectivity index (χ4n) is 0.822. The molecule has 0 aliphatic heterocycles. The van der Waals surface area contributed by atoms with Crippen LogP contribution < -0.4 is 5.32 Å². The van der Waals surface area contributed by atoms with Crippen LogP contribution in [0.15, 0.2) is 24.3 Å². The Morgan fingerprint density at radius 3 is 3.25 bits per heavy atom. The first kappa shape index (κ1) is 5.00. The van der Waals surface area contributed by atoms with Gasteiger partial charge in [0.25, 0.3) is 5.91 Å². The summed E-state index contributed by atoms with van der Waals surface area (Å²) < 4.78 is 20.6. The van der Waals surface area contributed by atoms with Gasteiger partial charge in [0, 0.05) is 22.2 Å². The normalized spacial score (nSPS) is 13.4. The molecule has 1 aromatic carbocycles. The van der Waals surface area contributed by atoms with Gasteiger partial charge in [-0.15, -0.1) is 6.42 Å². The molecular formula is C10H9NO. The summed E-state index contributed by atoms with van der Waals surface area (Å²) in [5.74, 6) is 1.70. The molecule has 0 radical (unpaired) electrons. The van der Waals surface area contributed by atoms with Crippen molar-refractivity contribution >= 4 is 5.91 Å². The van der Waals surface area contributed by atoms with Gasteiger partial charge in [-0.25, -0.2) is 0 Å². The van der Waals surface area contributed by atoms with Crippen LogP contribution >= 0.6 is 0 Å². The lowest BCUT2D eigenvalue weighted by Gasteiger charge is -1.98. The van der Waals surface area contributed by atoms with E-state index in [1.165, 1.54) is 12.1 Å². The molecule has 2 nitrogen and oxygen atoms in total. The van der Waals surface area contributed by atoms with Crippen molar-refractivity contribution in [3.05, 3.63) is 35.4 Å². The highest BCUT2D eigenvalue weighted by Gasteiger charge is 2.01. The van der Waals surface area contributed by atoms with Crippen LogP contribution in [0.2, 0.25) is 0 Å². The van der Waals surface area contributed by atoms with Crippen molar-refractivity contribution in [3.8, 4) is 12.3 Å². The van der Waals surface area contributed by atoms with Crippen LogP contribution in [-0.2, 0) is 0 Å². The van der Waals surface area contributed by atoms with Crippen LogP contribution in [0.25, 0.3) is 0 Å². The Labute approximate surface area is 75.8 Å². The summed E-state index contributed by atoms with van der Waals surface area (Å²) in [6.07, 6.45) is 5.15. The molecule has 0 unspecified atom stereocenters. The van der Waals surface area contributed by atoms with Gasteiger partial charge in [-0.3, -0.25) is 4.79 Å². The molecule has 2 heteroatoms. The maximum Gasteiger partial charge on any atom is 0.251 e. The molecule has 0 saturated carbocycles. The Balaban J connectivity index is 2.88.